The first-order valence-corrected chi connectivity index (χ1v) is 15.6. The fourth-order valence-electron chi connectivity index (χ4n) is 3.71. The number of nitrogens with zero attached hydrogens (tertiary/aromatic N) is 1. The van der Waals surface area contributed by atoms with Gasteiger partial charge in [0.25, 0.3) is 5.56 Å². The second-order valence-electron chi connectivity index (χ2n) is 7.91. The fraction of sp³-hybridized carbons (Fsp3) is 0.714. The lowest BCUT2D eigenvalue weighted by Gasteiger charge is -2.31. The Bertz CT molecular complexity index is 1100. The number of rotatable bonds is 16. The van der Waals surface area contributed by atoms with Crippen molar-refractivity contribution in [2.75, 3.05) is 33.0 Å². The third kappa shape index (κ3) is 8.44. The Morgan fingerprint density at radius 3 is 2.08 bits per heavy atom. The zero-order valence-electron chi connectivity index (χ0n) is 21.9. The van der Waals surface area contributed by atoms with Crippen LogP contribution in [0, 0.1) is 0 Å². The van der Waals surface area contributed by atoms with E-state index in [1.165, 1.54) is 16.8 Å². The molecule has 3 N–H and O–H groups in total. The van der Waals surface area contributed by atoms with E-state index in [1.807, 2.05) is 0 Å². The lowest BCUT2D eigenvalue weighted by atomic mass is 10.2. The molecule has 2 heterocycles. The number of nitrogens with one attached hydrogen (secondary N) is 3. The average Bonchev–Trinajstić information content (AvgIpc) is 3.33. The van der Waals surface area contributed by atoms with Gasteiger partial charge < -0.3 is 33.5 Å². The zero-order valence-corrected chi connectivity index (χ0v) is 23.7. The Balaban J connectivity index is 2.02. The molecule has 1 aliphatic heterocycles. The van der Waals surface area contributed by atoms with Gasteiger partial charge in [0.1, 0.15) is 12.3 Å². The third-order valence-electron chi connectivity index (χ3n) is 5.23. The normalized spacial score (nSPS) is 18.0. The van der Waals surface area contributed by atoms with Gasteiger partial charge in [0.05, 0.1) is 26.4 Å². The summed E-state index contributed by atoms with van der Waals surface area (Å²) in [7, 11) is -8.36. The number of hydrogen-bond donors (Lipinski definition) is 3. The van der Waals surface area contributed by atoms with Crippen LogP contribution in [0.4, 0.5) is 0 Å². The first-order chi connectivity index (χ1) is 18.0. The number of amides is 2. The molecule has 1 aliphatic rings. The van der Waals surface area contributed by atoms with Crippen LogP contribution >= 0.6 is 15.2 Å². The number of hydrogen-bond acceptors (Lipinski definition) is 11. The van der Waals surface area contributed by atoms with Gasteiger partial charge in [0, 0.05) is 25.2 Å². The number of H-pyrrole nitrogens is 1. The number of aromatic amines is 1. The van der Waals surface area contributed by atoms with E-state index in [4.69, 9.17) is 22.8 Å². The molecule has 0 saturated carbocycles. The smallest absolute Gasteiger partial charge is 0.353 e. The van der Waals surface area contributed by atoms with E-state index in [0.29, 0.717) is 12.8 Å². The van der Waals surface area contributed by atoms with E-state index in [-0.39, 0.29) is 39.4 Å². The van der Waals surface area contributed by atoms with Crippen LogP contribution in [0.3, 0.4) is 0 Å². The van der Waals surface area contributed by atoms with E-state index in [9.17, 15) is 28.3 Å². The fourth-order valence-corrected chi connectivity index (χ4v) is 8.65. The molecule has 0 radical (unpaired) electrons. The first-order valence-electron chi connectivity index (χ1n) is 12.3. The van der Waals surface area contributed by atoms with Gasteiger partial charge in [0.2, 0.25) is 17.3 Å². The van der Waals surface area contributed by atoms with Crippen molar-refractivity contribution in [3.63, 3.8) is 0 Å². The standard InChI is InChI=1S/C21H36N4O11P2/c1-5-32-37(30,33-6-2)21(38(31,34-7-3)35-8-4)24-16(26)11-13-22-19(28)15-9-10-18(36-15)25-14-12-17(27)23-20(25)29/h12,14-15,18,21H,5-11,13H2,1-4H3,(H,22,28)(H,24,26)(H,23,27,29)/t15-,18+/m0/s1. The van der Waals surface area contributed by atoms with E-state index in [2.05, 4.69) is 15.6 Å². The Hall–Kier alpha value is -2.12. The van der Waals surface area contributed by atoms with Crippen LogP contribution < -0.4 is 21.9 Å². The van der Waals surface area contributed by atoms with Crippen molar-refractivity contribution in [2.24, 2.45) is 0 Å². The molecular weight excluding hydrogens is 546 g/mol. The predicted molar refractivity (Wildman–Crippen MR) is 136 cm³/mol. The highest BCUT2D eigenvalue weighted by molar-refractivity contribution is 7.72. The summed E-state index contributed by atoms with van der Waals surface area (Å²) >= 11 is 0. The van der Waals surface area contributed by atoms with Crippen molar-refractivity contribution in [1.82, 2.24) is 20.2 Å². The molecule has 1 aromatic rings. The number of carbonyl (C=O) groups excluding carboxylic acids is 2. The maximum absolute atomic E-state index is 13.5. The summed E-state index contributed by atoms with van der Waals surface area (Å²) in [6.07, 6.45) is 0.0981. The molecule has 2 atom stereocenters. The molecule has 1 saturated heterocycles. The van der Waals surface area contributed by atoms with Crippen LogP contribution in [0.15, 0.2) is 21.9 Å². The third-order valence-corrected chi connectivity index (χ3v) is 10.9. The Morgan fingerprint density at radius 2 is 1.58 bits per heavy atom. The quantitative estimate of drug-likeness (QED) is 0.240. The molecule has 15 nitrogen and oxygen atoms in total. The van der Waals surface area contributed by atoms with Crippen molar-refractivity contribution in [2.45, 2.75) is 64.8 Å². The highest BCUT2D eigenvalue weighted by Crippen LogP contribution is 2.69. The van der Waals surface area contributed by atoms with Crippen molar-refractivity contribution >= 4 is 27.0 Å². The Labute approximate surface area is 220 Å². The highest BCUT2D eigenvalue weighted by Gasteiger charge is 2.52. The van der Waals surface area contributed by atoms with E-state index >= 15 is 0 Å². The summed E-state index contributed by atoms with van der Waals surface area (Å²) in [5.41, 5.74) is -2.91. The largest absolute Gasteiger partial charge is 0.365 e. The minimum absolute atomic E-state index is 0.0501. The average molecular weight is 582 g/mol. The molecule has 216 valence electrons. The second-order valence-corrected chi connectivity index (χ2v) is 12.5. The molecule has 2 rings (SSSR count). The molecular formula is C21H36N4O11P2. The number of carbonyl (C=O) groups is 2. The van der Waals surface area contributed by atoms with E-state index < -0.39 is 56.1 Å². The minimum Gasteiger partial charge on any atom is -0.353 e. The summed E-state index contributed by atoms with van der Waals surface area (Å²) in [5, 5.41) is 4.97. The zero-order chi connectivity index (χ0) is 28.3. The SMILES string of the molecule is CCOP(=O)(OCC)C(NC(=O)CCNC(=O)[C@@H]1CC[C@H](n2ccc(=O)[nH]c2=O)O1)P(=O)(OCC)OCC. The predicted octanol–water partition coefficient (Wildman–Crippen LogP) is 1.65. The van der Waals surface area contributed by atoms with Crippen molar-refractivity contribution in [3.05, 3.63) is 33.1 Å². The van der Waals surface area contributed by atoms with E-state index in [0.717, 1.165) is 0 Å². The first kappa shape index (κ1) is 32.1. The van der Waals surface area contributed by atoms with Gasteiger partial charge in [-0.3, -0.25) is 33.1 Å². The van der Waals surface area contributed by atoms with Crippen molar-refractivity contribution in [1.29, 1.82) is 0 Å². The summed E-state index contributed by atoms with van der Waals surface area (Å²) in [4.78, 5) is 50.6. The van der Waals surface area contributed by atoms with Crippen LogP contribution in [-0.4, -0.2) is 66.0 Å². The van der Waals surface area contributed by atoms with Crippen LogP contribution in [0.5, 0.6) is 0 Å². The lowest BCUT2D eigenvalue weighted by Crippen LogP contribution is -2.40. The molecule has 17 heteroatoms. The topological polar surface area (TPSA) is 193 Å². The molecule has 2 amide bonds. The Kier molecular flexibility index (Phi) is 12.6. The van der Waals surface area contributed by atoms with Gasteiger partial charge in [-0.15, -0.1) is 0 Å². The molecule has 0 unspecified atom stereocenters. The molecule has 0 bridgehead atoms. The van der Waals surface area contributed by atoms with E-state index in [1.54, 1.807) is 27.7 Å². The van der Waals surface area contributed by atoms with Gasteiger partial charge in [-0.1, -0.05) is 0 Å². The number of ether oxygens (including phenoxy) is 1. The van der Waals surface area contributed by atoms with Crippen LogP contribution in [-0.2, 0) is 41.6 Å². The number of aromatic nitrogens is 2. The molecule has 0 aromatic carbocycles. The van der Waals surface area contributed by atoms with Gasteiger partial charge in [-0.2, -0.15) is 0 Å². The molecule has 1 fully saturated rings. The van der Waals surface area contributed by atoms with Gasteiger partial charge >= 0.3 is 20.9 Å². The van der Waals surface area contributed by atoms with Crippen LogP contribution in [0.1, 0.15) is 53.2 Å². The van der Waals surface area contributed by atoms with Gasteiger partial charge in [-0.05, 0) is 40.5 Å². The summed E-state index contributed by atoms with van der Waals surface area (Å²) in [6.45, 7) is 5.94. The maximum atomic E-state index is 13.5. The molecule has 0 spiro atoms. The maximum Gasteiger partial charge on any atom is 0.365 e. The lowest BCUT2D eigenvalue weighted by molar-refractivity contribution is -0.134. The summed E-state index contributed by atoms with van der Waals surface area (Å²) < 4.78 is 55.0. The van der Waals surface area contributed by atoms with Crippen LogP contribution in [0.2, 0.25) is 0 Å². The van der Waals surface area contributed by atoms with Crippen LogP contribution in [0.25, 0.3) is 0 Å². The monoisotopic (exact) mass is 582 g/mol. The molecule has 0 aliphatic carbocycles. The van der Waals surface area contributed by atoms with Gasteiger partial charge in [0.15, 0.2) is 0 Å². The highest BCUT2D eigenvalue weighted by atomic mass is 31.2. The van der Waals surface area contributed by atoms with Crippen molar-refractivity contribution < 1.29 is 41.6 Å². The van der Waals surface area contributed by atoms with Crippen molar-refractivity contribution in [3.8, 4) is 0 Å². The molecule has 38 heavy (non-hydrogen) atoms. The second kappa shape index (κ2) is 14.9. The summed E-state index contributed by atoms with van der Waals surface area (Å²) in [5.74, 6) is -1.21. The summed E-state index contributed by atoms with van der Waals surface area (Å²) in [6, 6.07) is 1.18. The Morgan fingerprint density at radius 1 is 1.03 bits per heavy atom. The molecule has 1 aromatic heterocycles. The van der Waals surface area contributed by atoms with Gasteiger partial charge in [-0.25, -0.2) is 4.79 Å². The minimum atomic E-state index is -4.18.